The summed E-state index contributed by atoms with van der Waals surface area (Å²) in [5.41, 5.74) is 1.24. The fourth-order valence-electron chi connectivity index (χ4n) is 2.71. The van der Waals surface area contributed by atoms with Gasteiger partial charge in [0.25, 0.3) is 5.91 Å². The van der Waals surface area contributed by atoms with E-state index in [2.05, 4.69) is 15.6 Å². The topological polar surface area (TPSA) is 91.1 Å². The van der Waals surface area contributed by atoms with Crippen LogP contribution in [0.3, 0.4) is 0 Å². The number of rotatable bonds is 5. The van der Waals surface area contributed by atoms with Crippen LogP contribution in [0.25, 0.3) is 10.9 Å². The SMILES string of the molecule is C[C@H](NC(=O)CNC(=O)c1c[nH]c2ccccc2c1=O)c1ccccc1. The summed E-state index contributed by atoms with van der Waals surface area (Å²) in [6.45, 7) is 1.66. The van der Waals surface area contributed by atoms with E-state index in [1.54, 1.807) is 24.3 Å². The van der Waals surface area contributed by atoms with E-state index in [0.717, 1.165) is 5.56 Å². The maximum absolute atomic E-state index is 12.4. The lowest BCUT2D eigenvalue weighted by molar-refractivity contribution is -0.120. The van der Waals surface area contributed by atoms with Crippen molar-refractivity contribution in [2.24, 2.45) is 0 Å². The predicted molar refractivity (Wildman–Crippen MR) is 99.9 cm³/mol. The van der Waals surface area contributed by atoms with Gasteiger partial charge in [0.05, 0.1) is 12.6 Å². The molecular weight excluding hydrogens is 330 g/mol. The highest BCUT2D eigenvalue weighted by molar-refractivity contribution is 5.98. The Hall–Kier alpha value is -3.41. The molecule has 3 rings (SSSR count). The number of nitrogens with one attached hydrogen (secondary N) is 3. The molecule has 0 fully saturated rings. The van der Waals surface area contributed by atoms with Crippen molar-refractivity contribution in [3.63, 3.8) is 0 Å². The van der Waals surface area contributed by atoms with Crippen molar-refractivity contribution < 1.29 is 9.59 Å². The molecule has 1 heterocycles. The molecule has 6 heteroatoms. The molecule has 1 atom stereocenters. The maximum atomic E-state index is 12.4. The zero-order chi connectivity index (χ0) is 18.5. The molecule has 0 saturated carbocycles. The summed E-state index contributed by atoms with van der Waals surface area (Å²) in [5, 5.41) is 5.73. The van der Waals surface area contributed by atoms with Gasteiger partial charge in [0.2, 0.25) is 11.3 Å². The molecule has 132 valence electrons. The Morgan fingerprint density at radius 2 is 1.73 bits per heavy atom. The van der Waals surface area contributed by atoms with E-state index in [1.165, 1.54) is 6.20 Å². The summed E-state index contributed by atoms with van der Waals surface area (Å²) in [6.07, 6.45) is 1.37. The van der Waals surface area contributed by atoms with Crippen LogP contribution in [0.5, 0.6) is 0 Å². The predicted octanol–water partition coefficient (Wildman–Crippen LogP) is 2.14. The number of para-hydroxylation sites is 1. The largest absolute Gasteiger partial charge is 0.360 e. The fraction of sp³-hybridized carbons (Fsp3) is 0.150. The highest BCUT2D eigenvalue weighted by Crippen LogP contribution is 2.10. The number of H-pyrrole nitrogens is 1. The van der Waals surface area contributed by atoms with E-state index in [4.69, 9.17) is 0 Å². The average Bonchev–Trinajstić information content (AvgIpc) is 2.67. The summed E-state index contributed by atoms with van der Waals surface area (Å²) in [7, 11) is 0. The summed E-state index contributed by atoms with van der Waals surface area (Å²) in [6, 6.07) is 16.3. The van der Waals surface area contributed by atoms with Crippen LogP contribution in [-0.4, -0.2) is 23.3 Å². The second kappa shape index (κ2) is 7.65. The number of amides is 2. The minimum absolute atomic E-state index is 0.0207. The van der Waals surface area contributed by atoms with Crippen LogP contribution >= 0.6 is 0 Å². The Morgan fingerprint density at radius 1 is 1.04 bits per heavy atom. The summed E-state index contributed by atoms with van der Waals surface area (Å²) >= 11 is 0. The zero-order valence-corrected chi connectivity index (χ0v) is 14.3. The number of carbonyl (C=O) groups is 2. The van der Waals surface area contributed by atoms with E-state index in [0.29, 0.717) is 10.9 Å². The molecule has 0 bridgehead atoms. The lowest BCUT2D eigenvalue weighted by Gasteiger charge is -2.14. The Labute approximate surface area is 150 Å². The first kappa shape index (κ1) is 17.4. The monoisotopic (exact) mass is 349 g/mol. The quantitative estimate of drug-likeness (QED) is 0.659. The molecule has 0 aliphatic heterocycles. The normalized spacial score (nSPS) is 11.7. The minimum atomic E-state index is -0.584. The van der Waals surface area contributed by atoms with Crippen LogP contribution in [0.1, 0.15) is 28.9 Å². The van der Waals surface area contributed by atoms with Gasteiger partial charge in [-0.1, -0.05) is 42.5 Å². The van der Waals surface area contributed by atoms with Crippen LogP contribution in [0.15, 0.2) is 65.6 Å². The Bertz CT molecular complexity index is 996. The van der Waals surface area contributed by atoms with E-state index in [9.17, 15) is 14.4 Å². The number of aromatic amines is 1. The highest BCUT2D eigenvalue weighted by Gasteiger charge is 2.15. The van der Waals surface area contributed by atoms with Crippen molar-refractivity contribution in [1.29, 1.82) is 0 Å². The van der Waals surface area contributed by atoms with Crippen molar-refractivity contribution in [2.75, 3.05) is 6.54 Å². The van der Waals surface area contributed by atoms with Crippen molar-refractivity contribution in [1.82, 2.24) is 15.6 Å². The van der Waals surface area contributed by atoms with E-state index in [1.807, 2.05) is 37.3 Å². The Balaban J connectivity index is 1.63. The number of pyridine rings is 1. The molecule has 3 aromatic rings. The minimum Gasteiger partial charge on any atom is -0.360 e. The molecule has 0 aliphatic rings. The molecule has 0 saturated heterocycles. The molecule has 0 aliphatic carbocycles. The first-order valence-corrected chi connectivity index (χ1v) is 8.29. The van der Waals surface area contributed by atoms with Crippen LogP contribution in [0, 0.1) is 0 Å². The molecule has 2 aromatic carbocycles. The maximum Gasteiger partial charge on any atom is 0.257 e. The highest BCUT2D eigenvalue weighted by atomic mass is 16.2. The van der Waals surface area contributed by atoms with Gasteiger partial charge in [0.15, 0.2) is 0 Å². The van der Waals surface area contributed by atoms with Crippen LogP contribution in [0.2, 0.25) is 0 Å². The third-order valence-electron chi connectivity index (χ3n) is 4.12. The number of carbonyl (C=O) groups excluding carboxylic acids is 2. The lowest BCUT2D eigenvalue weighted by Crippen LogP contribution is -2.39. The zero-order valence-electron chi connectivity index (χ0n) is 14.3. The Kier molecular flexibility index (Phi) is 5.12. The van der Waals surface area contributed by atoms with Crippen LogP contribution < -0.4 is 16.1 Å². The molecule has 0 radical (unpaired) electrons. The van der Waals surface area contributed by atoms with Crippen molar-refractivity contribution in [3.8, 4) is 0 Å². The number of hydrogen-bond donors (Lipinski definition) is 3. The third-order valence-corrected chi connectivity index (χ3v) is 4.12. The third kappa shape index (κ3) is 3.80. The van der Waals surface area contributed by atoms with Gasteiger partial charge in [-0.3, -0.25) is 14.4 Å². The fourth-order valence-corrected chi connectivity index (χ4v) is 2.71. The van der Waals surface area contributed by atoms with Gasteiger partial charge in [0, 0.05) is 17.1 Å². The van der Waals surface area contributed by atoms with Gasteiger partial charge in [-0.05, 0) is 24.6 Å². The van der Waals surface area contributed by atoms with Crippen molar-refractivity contribution in [2.45, 2.75) is 13.0 Å². The molecule has 6 nitrogen and oxygen atoms in total. The number of aromatic nitrogens is 1. The first-order chi connectivity index (χ1) is 12.6. The van der Waals surface area contributed by atoms with Crippen molar-refractivity contribution >= 4 is 22.7 Å². The first-order valence-electron chi connectivity index (χ1n) is 8.29. The lowest BCUT2D eigenvalue weighted by atomic mass is 10.1. The number of fused-ring (bicyclic) bond motifs is 1. The van der Waals surface area contributed by atoms with Crippen LogP contribution in [-0.2, 0) is 4.79 Å². The van der Waals surface area contributed by atoms with E-state index in [-0.39, 0.29) is 29.5 Å². The van der Waals surface area contributed by atoms with Gasteiger partial charge in [-0.2, -0.15) is 0 Å². The van der Waals surface area contributed by atoms with E-state index >= 15 is 0 Å². The van der Waals surface area contributed by atoms with Gasteiger partial charge in [-0.25, -0.2) is 0 Å². The van der Waals surface area contributed by atoms with Crippen molar-refractivity contribution in [3.05, 3.63) is 82.1 Å². The summed E-state index contributed by atoms with van der Waals surface area (Å²) in [5.74, 6) is -0.911. The molecule has 2 amide bonds. The molecule has 3 N–H and O–H groups in total. The standard InChI is InChI=1S/C20H19N3O3/c1-13(14-7-3-2-4-8-14)23-18(24)12-22-20(26)16-11-21-17-10-6-5-9-15(17)19(16)25/h2-11,13H,12H2,1H3,(H,21,25)(H,22,26)(H,23,24)/t13-/m0/s1. The Morgan fingerprint density at radius 3 is 2.50 bits per heavy atom. The second-order valence-electron chi connectivity index (χ2n) is 5.96. The molecule has 0 spiro atoms. The van der Waals surface area contributed by atoms with Gasteiger partial charge in [0.1, 0.15) is 5.56 Å². The number of hydrogen-bond acceptors (Lipinski definition) is 3. The van der Waals surface area contributed by atoms with Gasteiger partial charge < -0.3 is 15.6 Å². The smallest absolute Gasteiger partial charge is 0.257 e. The molecule has 0 unspecified atom stereocenters. The van der Waals surface area contributed by atoms with Gasteiger partial charge >= 0.3 is 0 Å². The van der Waals surface area contributed by atoms with Gasteiger partial charge in [-0.15, -0.1) is 0 Å². The average molecular weight is 349 g/mol. The molecule has 1 aromatic heterocycles. The summed E-state index contributed by atoms with van der Waals surface area (Å²) < 4.78 is 0. The summed E-state index contributed by atoms with van der Waals surface area (Å²) in [4.78, 5) is 39.6. The molecule has 26 heavy (non-hydrogen) atoms. The van der Waals surface area contributed by atoms with Crippen LogP contribution in [0.4, 0.5) is 0 Å². The molecular formula is C20H19N3O3. The van der Waals surface area contributed by atoms with E-state index < -0.39 is 5.91 Å². The second-order valence-corrected chi connectivity index (χ2v) is 5.96. The number of benzene rings is 2.